The van der Waals surface area contributed by atoms with E-state index < -0.39 is 0 Å². The monoisotopic (exact) mass is 398 g/mol. The summed E-state index contributed by atoms with van der Waals surface area (Å²) in [5, 5.41) is 4.26. The molecular weight excluding hydrogens is 379 g/mol. The Morgan fingerprint density at radius 1 is 0.967 bits per heavy atom. The van der Waals surface area contributed by atoms with Crippen LogP contribution in [0.3, 0.4) is 0 Å². The summed E-state index contributed by atoms with van der Waals surface area (Å²) in [4.78, 5) is 11.0. The highest BCUT2D eigenvalue weighted by molar-refractivity contribution is 5.64. The first kappa shape index (κ1) is 18.1. The van der Waals surface area contributed by atoms with Gasteiger partial charge >= 0.3 is 0 Å². The van der Waals surface area contributed by atoms with Crippen LogP contribution in [0.1, 0.15) is 5.69 Å². The third-order valence-corrected chi connectivity index (χ3v) is 5.05. The van der Waals surface area contributed by atoms with Crippen molar-refractivity contribution in [1.82, 2.24) is 24.1 Å². The molecule has 0 aliphatic rings. The smallest absolute Gasteiger partial charge is 0.155 e. The summed E-state index contributed by atoms with van der Waals surface area (Å²) in [6.07, 6.45) is 9.30. The van der Waals surface area contributed by atoms with Crippen molar-refractivity contribution in [2.45, 2.75) is 6.54 Å². The lowest BCUT2D eigenvalue weighted by Crippen LogP contribution is -2.17. The molecule has 7 heteroatoms. The van der Waals surface area contributed by atoms with Gasteiger partial charge in [-0.15, -0.1) is 0 Å². The van der Waals surface area contributed by atoms with E-state index in [4.69, 9.17) is 0 Å². The maximum atomic E-state index is 13.2. The molecule has 0 spiro atoms. The van der Waals surface area contributed by atoms with Gasteiger partial charge in [0.25, 0.3) is 0 Å². The molecule has 30 heavy (non-hydrogen) atoms. The van der Waals surface area contributed by atoms with Gasteiger partial charge in [0, 0.05) is 36.9 Å². The molecule has 3 aromatic heterocycles. The number of anilines is 1. The fourth-order valence-corrected chi connectivity index (χ4v) is 3.46. The van der Waals surface area contributed by atoms with Gasteiger partial charge in [0.1, 0.15) is 5.82 Å². The van der Waals surface area contributed by atoms with E-state index in [1.54, 1.807) is 24.5 Å². The van der Waals surface area contributed by atoms with Crippen LogP contribution in [-0.4, -0.2) is 31.2 Å². The largest absolute Gasteiger partial charge is 0.369 e. The molecule has 5 rings (SSSR count). The number of halogens is 1. The molecule has 0 bridgehead atoms. The summed E-state index contributed by atoms with van der Waals surface area (Å²) in [6.45, 7) is 0.595. The maximum Gasteiger partial charge on any atom is 0.155 e. The predicted molar refractivity (Wildman–Crippen MR) is 114 cm³/mol. The van der Waals surface area contributed by atoms with Crippen molar-refractivity contribution < 1.29 is 4.39 Å². The molecule has 0 aliphatic heterocycles. The van der Waals surface area contributed by atoms with Gasteiger partial charge in [-0.25, -0.2) is 14.1 Å². The number of nitrogens with zero attached hydrogens (tertiary/aromatic N) is 6. The lowest BCUT2D eigenvalue weighted by Gasteiger charge is -2.19. The molecule has 0 radical (unpaired) electrons. The van der Waals surface area contributed by atoms with Crippen LogP contribution in [-0.2, 0) is 6.54 Å². The topological polar surface area (TPSA) is 51.2 Å². The van der Waals surface area contributed by atoms with Crippen LogP contribution in [0.15, 0.2) is 85.6 Å². The van der Waals surface area contributed by atoms with E-state index in [1.807, 2.05) is 57.8 Å². The molecule has 3 heterocycles. The van der Waals surface area contributed by atoms with Crippen molar-refractivity contribution in [3.63, 3.8) is 0 Å². The van der Waals surface area contributed by atoms with Gasteiger partial charge in [-0.05, 0) is 42.5 Å². The molecule has 0 fully saturated rings. The summed E-state index contributed by atoms with van der Waals surface area (Å²) in [5.41, 5.74) is 5.66. The number of imidazole rings is 1. The standard InChI is InChI=1S/C23H19FN6/c1-28(20-9-5-18(24)6-10-20)15-19-16-29-22(13-26-23(29)14-25-19)17-3-7-21(8-4-17)30-12-2-11-27-30/h2-14,16H,15H2,1H3. The molecule has 5 aromatic rings. The Kier molecular flexibility index (Phi) is 4.48. The zero-order valence-electron chi connectivity index (χ0n) is 16.4. The first-order valence-electron chi connectivity index (χ1n) is 9.56. The lowest BCUT2D eigenvalue weighted by molar-refractivity contribution is 0.627. The van der Waals surface area contributed by atoms with E-state index in [2.05, 4.69) is 27.2 Å². The average molecular weight is 398 g/mol. The zero-order chi connectivity index (χ0) is 20.5. The molecule has 0 saturated heterocycles. The van der Waals surface area contributed by atoms with Gasteiger partial charge in [0.05, 0.1) is 36.0 Å². The van der Waals surface area contributed by atoms with E-state index in [0.29, 0.717) is 6.54 Å². The summed E-state index contributed by atoms with van der Waals surface area (Å²) in [7, 11) is 1.96. The third kappa shape index (κ3) is 3.41. The van der Waals surface area contributed by atoms with E-state index in [1.165, 1.54) is 12.1 Å². The van der Waals surface area contributed by atoms with Gasteiger partial charge in [-0.1, -0.05) is 12.1 Å². The Balaban J connectivity index is 1.43. The van der Waals surface area contributed by atoms with Crippen molar-refractivity contribution in [3.05, 3.63) is 97.1 Å². The van der Waals surface area contributed by atoms with Crippen molar-refractivity contribution in [2.75, 3.05) is 11.9 Å². The molecule has 0 aliphatic carbocycles. The molecule has 0 saturated carbocycles. The van der Waals surface area contributed by atoms with Crippen LogP contribution in [0.5, 0.6) is 0 Å². The van der Waals surface area contributed by atoms with Crippen LogP contribution < -0.4 is 4.90 Å². The molecule has 6 nitrogen and oxygen atoms in total. The first-order chi connectivity index (χ1) is 14.7. The van der Waals surface area contributed by atoms with Crippen LogP contribution >= 0.6 is 0 Å². The second-order valence-electron chi connectivity index (χ2n) is 7.08. The fourth-order valence-electron chi connectivity index (χ4n) is 3.46. The quantitative estimate of drug-likeness (QED) is 0.441. The van der Waals surface area contributed by atoms with Gasteiger partial charge in [0.15, 0.2) is 5.65 Å². The molecule has 0 N–H and O–H groups in total. The van der Waals surface area contributed by atoms with Crippen molar-refractivity contribution in [2.24, 2.45) is 0 Å². The van der Waals surface area contributed by atoms with Crippen molar-refractivity contribution >= 4 is 11.3 Å². The van der Waals surface area contributed by atoms with E-state index in [0.717, 1.165) is 34.0 Å². The molecule has 2 aromatic carbocycles. The number of rotatable bonds is 5. The van der Waals surface area contributed by atoms with E-state index in [-0.39, 0.29) is 5.82 Å². The molecule has 0 unspecified atom stereocenters. The van der Waals surface area contributed by atoms with Crippen LogP contribution in [0.2, 0.25) is 0 Å². The minimum atomic E-state index is -0.242. The Morgan fingerprint density at radius 2 is 1.77 bits per heavy atom. The molecule has 0 atom stereocenters. The Bertz CT molecular complexity index is 1270. The van der Waals surface area contributed by atoms with Crippen LogP contribution in [0.25, 0.3) is 22.6 Å². The van der Waals surface area contributed by atoms with E-state index in [9.17, 15) is 4.39 Å². The van der Waals surface area contributed by atoms with Crippen molar-refractivity contribution in [3.8, 4) is 16.9 Å². The summed E-state index contributed by atoms with van der Waals surface area (Å²) >= 11 is 0. The van der Waals surface area contributed by atoms with Gasteiger partial charge in [-0.3, -0.25) is 9.38 Å². The highest BCUT2D eigenvalue weighted by Gasteiger charge is 2.10. The Labute approximate surface area is 172 Å². The molecule has 0 amide bonds. The minimum absolute atomic E-state index is 0.242. The second-order valence-corrected chi connectivity index (χ2v) is 7.08. The minimum Gasteiger partial charge on any atom is -0.369 e. The highest BCUT2D eigenvalue weighted by Crippen LogP contribution is 2.23. The number of hydrogen-bond acceptors (Lipinski definition) is 4. The molecule has 148 valence electrons. The Hall–Kier alpha value is -4.00. The van der Waals surface area contributed by atoms with Crippen molar-refractivity contribution in [1.29, 1.82) is 0 Å². The summed E-state index contributed by atoms with van der Waals surface area (Å²) in [5.74, 6) is -0.242. The lowest BCUT2D eigenvalue weighted by atomic mass is 10.1. The number of fused-ring (bicyclic) bond motifs is 1. The normalized spacial score (nSPS) is 11.1. The number of hydrogen-bond donors (Lipinski definition) is 0. The Morgan fingerprint density at radius 3 is 2.50 bits per heavy atom. The summed E-state index contributed by atoms with van der Waals surface area (Å²) in [6, 6.07) is 16.5. The average Bonchev–Trinajstić information content (AvgIpc) is 3.44. The SMILES string of the molecule is CN(Cc1cn2c(-c3ccc(-n4cccn4)cc3)cnc2cn1)c1ccc(F)cc1. The predicted octanol–water partition coefficient (Wildman–Crippen LogP) is 4.36. The number of aromatic nitrogens is 5. The van der Waals surface area contributed by atoms with E-state index >= 15 is 0 Å². The van der Waals surface area contributed by atoms with Crippen LogP contribution in [0, 0.1) is 5.82 Å². The second kappa shape index (κ2) is 7.44. The maximum absolute atomic E-state index is 13.2. The fraction of sp³-hybridized carbons (Fsp3) is 0.0870. The van der Waals surface area contributed by atoms with Gasteiger partial charge in [0.2, 0.25) is 0 Å². The van der Waals surface area contributed by atoms with Gasteiger partial charge in [-0.2, -0.15) is 5.10 Å². The first-order valence-corrected chi connectivity index (χ1v) is 9.56. The van der Waals surface area contributed by atoms with Gasteiger partial charge < -0.3 is 4.90 Å². The molecular formula is C23H19FN6. The zero-order valence-corrected chi connectivity index (χ0v) is 16.4. The number of benzene rings is 2. The van der Waals surface area contributed by atoms with Crippen LogP contribution in [0.4, 0.5) is 10.1 Å². The summed E-state index contributed by atoms with van der Waals surface area (Å²) < 4.78 is 17.1. The third-order valence-electron chi connectivity index (χ3n) is 5.05. The highest BCUT2D eigenvalue weighted by atomic mass is 19.1.